The molecule has 13 heteroatoms. The van der Waals surface area contributed by atoms with Crippen molar-refractivity contribution in [1.29, 1.82) is 0 Å². The van der Waals surface area contributed by atoms with Gasteiger partial charge in [-0.05, 0) is 19.8 Å². The Hall–Kier alpha value is -2.70. The quantitative estimate of drug-likeness (QED) is 0.164. The van der Waals surface area contributed by atoms with Gasteiger partial charge in [0.1, 0.15) is 30.0 Å². The molecule has 4 fully saturated rings. The number of epoxide rings is 1. The summed E-state index contributed by atoms with van der Waals surface area (Å²) in [6.45, 7) is 12.0. The highest BCUT2D eigenvalue weighted by Gasteiger charge is 2.77. The van der Waals surface area contributed by atoms with Crippen molar-refractivity contribution in [3.8, 4) is 0 Å². The van der Waals surface area contributed by atoms with Gasteiger partial charge in [0, 0.05) is 40.0 Å². The number of aliphatic hydroxyl groups is 1. The number of esters is 5. The number of ether oxygens (including phenoxy) is 6. The number of rotatable bonds is 4. The maximum Gasteiger partial charge on any atom is 0.312 e. The molecular formula is C28H37ClO12. The van der Waals surface area contributed by atoms with Gasteiger partial charge >= 0.3 is 29.8 Å². The lowest BCUT2D eigenvalue weighted by molar-refractivity contribution is -0.263. The topological polar surface area (TPSA) is 164 Å². The summed E-state index contributed by atoms with van der Waals surface area (Å²) in [6, 6.07) is 0. The number of fused-ring (bicyclic) bond motifs is 3. The minimum Gasteiger partial charge on any atom is -0.462 e. The molecule has 2 saturated carbocycles. The minimum atomic E-state index is -2.21. The standard InChI is InChI=1S/C28H37ClO12/c1-12-8-9-19(38-15(4)31)26(7)21(27(11-36-27)10-18(37-14(3)30)22(26)39-16(5)32)24(40-17(6)33)28(35)13(2)25(34)41-23(28)20(12)29/h13,18-24,35H,1,8-11H2,2-7H3/t13-,18-,19-,20-,21+,22-,23-,24-,26+,27-,28-/m0/s1. The summed E-state index contributed by atoms with van der Waals surface area (Å²) >= 11 is 6.78. The van der Waals surface area contributed by atoms with Crippen LogP contribution >= 0.6 is 11.6 Å². The van der Waals surface area contributed by atoms with Crippen LogP contribution in [-0.4, -0.2) is 88.7 Å². The van der Waals surface area contributed by atoms with Gasteiger partial charge in [0.15, 0.2) is 11.7 Å². The van der Waals surface area contributed by atoms with Crippen molar-refractivity contribution in [3.63, 3.8) is 0 Å². The molecule has 0 bridgehead atoms. The Labute approximate surface area is 242 Å². The first-order valence-corrected chi connectivity index (χ1v) is 14.0. The molecule has 1 N–H and O–H groups in total. The molecule has 0 aromatic heterocycles. The van der Waals surface area contributed by atoms with Gasteiger partial charge in [0.05, 0.1) is 23.3 Å². The number of hydrogen-bond acceptors (Lipinski definition) is 12. The van der Waals surface area contributed by atoms with Crippen LogP contribution in [0.25, 0.3) is 0 Å². The van der Waals surface area contributed by atoms with E-state index in [0.717, 1.165) is 6.92 Å². The Morgan fingerprint density at radius 1 is 0.976 bits per heavy atom. The maximum atomic E-state index is 13.0. The number of hydrogen-bond donors (Lipinski definition) is 1. The van der Waals surface area contributed by atoms with Gasteiger partial charge in [0.2, 0.25) is 0 Å². The summed E-state index contributed by atoms with van der Waals surface area (Å²) in [5, 5.41) is 11.4. The molecule has 2 heterocycles. The summed E-state index contributed by atoms with van der Waals surface area (Å²) in [5.41, 5.74) is -4.56. The van der Waals surface area contributed by atoms with E-state index in [1.807, 2.05) is 0 Å². The zero-order chi connectivity index (χ0) is 30.7. The van der Waals surface area contributed by atoms with E-state index in [9.17, 15) is 29.1 Å². The van der Waals surface area contributed by atoms with Gasteiger partial charge in [-0.3, -0.25) is 24.0 Å². The van der Waals surface area contributed by atoms with Crippen molar-refractivity contribution in [2.75, 3.05) is 6.61 Å². The van der Waals surface area contributed by atoms with E-state index in [4.69, 9.17) is 40.0 Å². The molecular weight excluding hydrogens is 564 g/mol. The molecule has 0 amide bonds. The summed E-state index contributed by atoms with van der Waals surface area (Å²) in [7, 11) is 0. The van der Waals surface area contributed by atoms with Gasteiger partial charge in [0.25, 0.3) is 0 Å². The molecule has 2 saturated heterocycles. The Morgan fingerprint density at radius 3 is 2.02 bits per heavy atom. The average molecular weight is 601 g/mol. The second kappa shape index (κ2) is 10.9. The fourth-order valence-corrected chi connectivity index (χ4v) is 7.59. The molecule has 0 aromatic carbocycles. The van der Waals surface area contributed by atoms with Crippen LogP contribution in [0.5, 0.6) is 0 Å². The lowest BCUT2D eigenvalue weighted by atomic mass is 9.51. The molecule has 0 aromatic rings. The summed E-state index contributed by atoms with van der Waals surface area (Å²) in [6.07, 6.45) is -6.01. The van der Waals surface area contributed by atoms with Gasteiger partial charge in [-0.1, -0.05) is 19.1 Å². The van der Waals surface area contributed by atoms with E-state index in [1.165, 1.54) is 27.7 Å². The third kappa shape index (κ3) is 5.23. The lowest BCUT2D eigenvalue weighted by Gasteiger charge is -2.58. The van der Waals surface area contributed by atoms with Gasteiger partial charge < -0.3 is 33.5 Å². The molecule has 4 rings (SSSR count). The fourth-order valence-electron chi connectivity index (χ4n) is 7.23. The first-order valence-electron chi connectivity index (χ1n) is 13.6. The number of carbonyl (C=O) groups excluding carboxylic acids is 5. The maximum absolute atomic E-state index is 13.0. The first-order chi connectivity index (χ1) is 19.0. The molecule has 11 atom stereocenters. The Morgan fingerprint density at radius 2 is 1.51 bits per heavy atom. The van der Waals surface area contributed by atoms with Gasteiger partial charge in [-0.2, -0.15) is 0 Å². The van der Waals surface area contributed by atoms with Crippen molar-refractivity contribution in [3.05, 3.63) is 12.2 Å². The van der Waals surface area contributed by atoms with Crippen LogP contribution in [-0.2, 0) is 52.4 Å². The van der Waals surface area contributed by atoms with Crippen LogP contribution in [0.1, 0.15) is 60.8 Å². The Kier molecular flexibility index (Phi) is 8.27. The highest BCUT2D eigenvalue weighted by molar-refractivity contribution is 6.23. The smallest absolute Gasteiger partial charge is 0.312 e. The zero-order valence-electron chi connectivity index (χ0n) is 24.0. The summed E-state index contributed by atoms with van der Waals surface area (Å²) in [5.74, 6) is -5.86. The van der Waals surface area contributed by atoms with Crippen molar-refractivity contribution < 1.29 is 57.5 Å². The van der Waals surface area contributed by atoms with E-state index < -0.39 is 94.2 Å². The molecule has 0 radical (unpaired) electrons. The molecule has 2 aliphatic heterocycles. The van der Waals surface area contributed by atoms with E-state index in [-0.39, 0.29) is 25.9 Å². The van der Waals surface area contributed by atoms with Crippen LogP contribution in [0.2, 0.25) is 0 Å². The van der Waals surface area contributed by atoms with Crippen molar-refractivity contribution in [2.45, 2.75) is 108 Å². The molecule has 1 spiro atoms. The Balaban J connectivity index is 2.05. The molecule has 4 aliphatic rings. The molecule has 41 heavy (non-hydrogen) atoms. The summed E-state index contributed by atoms with van der Waals surface area (Å²) in [4.78, 5) is 62.9. The minimum absolute atomic E-state index is 0.00369. The number of carbonyl (C=O) groups is 5. The third-order valence-corrected chi connectivity index (χ3v) is 9.58. The number of alkyl halides is 1. The van der Waals surface area contributed by atoms with E-state index >= 15 is 0 Å². The number of halogens is 1. The average Bonchev–Trinajstić information content (AvgIpc) is 3.57. The first kappa shape index (κ1) is 31.2. The van der Waals surface area contributed by atoms with E-state index in [2.05, 4.69) is 6.58 Å². The fraction of sp³-hybridized carbons (Fsp3) is 0.750. The normalized spacial score (nSPS) is 43.6. The monoisotopic (exact) mass is 600 g/mol. The third-order valence-electron chi connectivity index (χ3n) is 9.04. The zero-order valence-corrected chi connectivity index (χ0v) is 24.7. The molecule has 2 aliphatic carbocycles. The lowest BCUT2D eigenvalue weighted by Crippen LogP contribution is -2.72. The predicted molar refractivity (Wildman–Crippen MR) is 139 cm³/mol. The highest BCUT2D eigenvalue weighted by Crippen LogP contribution is 2.63. The van der Waals surface area contributed by atoms with E-state index in [1.54, 1.807) is 6.92 Å². The molecule has 0 unspecified atom stereocenters. The van der Waals surface area contributed by atoms with Crippen LogP contribution < -0.4 is 0 Å². The van der Waals surface area contributed by atoms with Crippen LogP contribution in [0, 0.1) is 17.3 Å². The second-order valence-electron chi connectivity index (χ2n) is 11.8. The Bertz CT molecular complexity index is 1150. The largest absolute Gasteiger partial charge is 0.462 e. The predicted octanol–water partition coefficient (Wildman–Crippen LogP) is 1.76. The van der Waals surface area contributed by atoms with Crippen LogP contribution in [0.4, 0.5) is 0 Å². The SMILES string of the molecule is C=C1CC[C@H](OC(C)=O)[C@@]2(C)[C@@H](OC(C)=O)[C@@H](OC(C)=O)C[C@]3(CO3)[C@@H]2[C@H](OC(C)=O)[C@]2(O)[C@@H](C)C(=O)O[C@H]2[C@H]1Cl. The van der Waals surface area contributed by atoms with Crippen LogP contribution in [0.15, 0.2) is 12.2 Å². The van der Waals surface area contributed by atoms with Crippen LogP contribution in [0.3, 0.4) is 0 Å². The van der Waals surface area contributed by atoms with Crippen molar-refractivity contribution in [1.82, 2.24) is 0 Å². The van der Waals surface area contributed by atoms with E-state index in [0.29, 0.717) is 5.57 Å². The highest BCUT2D eigenvalue weighted by atomic mass is 35.5. The van der Waals surface area contributed by atoms with Gasteiger partial charge in [-0.15, -0.1) is 11.6 Å². The van der Waals surface area contributed by atoms with Crippen molar-refractivity contribution in [2.24, 2.45) is 17.3 Å². The van der Waals surface area contributed by atoms with Crippen molar-refractivity contribution >= 4 is 41.4 Å². The van der Waals surface area contributed by atoms with Gasteiger partial charge in [-0.25, -0.2) is 0 Å². The molecule has 228 valence electrons. The summed E-state index contributed by atoms with van der Waals surface area (Å²) < 4.78 is 34.9. The second-order valence-corrected chi connectivity index (χ2v) is 12.2. The molecule has 12 nitrogen and oxygen atoms in total.